The van der Waals surface area contributed by atoms with Gasteiger partial charge in [0.15, 0.2) is 11.6 Å². The zero-order chi connectivity index (χ0) is 10.8. The van der Waals surface area contributed by atoms with Gasteiger partial charge in [-0.1, -0.05) is 0 Å². The van der Waals surface area contributed by atoms with Crippen LogP contribution in [0.5, 0.6) is 0 Å². The summed E-state index contributed by atoms with van der Waals surface area (Å²) < 4.78 is 0. The largest absolute Gasteiger partial charge is 0.315 e. The Morgan fingerprint density at radius 2 is 1.75 bits per heavy atom. The summed E-state index contributed by atoms with van der Waals surface area (Å²) in [6.07, 6.45) is 5.17. The third-order valence-electron chi connectivity index (χ3n) is 2.64. The molecule has 0 amide bonds. The molecule has 1 N–H and O–H groups in total. The first-order chi connectivity index (χ1) is 7.93. The first-order valence-electron chi connectivity index (χ1n) is 5.24. The van der Waals surface area contributed by atoms with Crippen molar-refractivity contribution >= 4 is 0 Å². The van der Waals surface area contributed by atoms with Gasteiger partial charge in [0.2, 0.25) is 0 Å². The number of hydrogen-bond acceptors (Lipinski definition) is 5. The highest BCUT2D eigenvalue weighted by Crippen LogP contribution is 2.18. The van der Waals surface area contributed by atoms with Gasteiger partial charge in [-0.15, -0.1) is 0 Å². The maximum atomic E-state index is 4.49. The zero-order valence-corrected chi connectivity index (χ0v) is 8.67. The summed E-state index contributed by atoms with van der Waals surface area (Å²) in [5.74, 6) is 1.69. The Hall–Kier alpha value is -1.88. The molecule has 0 aliphatic carbocycles. The van der Waals surface area contributed by atoms with E-state index < -0.39 is 0 Å². The minimum atomic E-state index is 0.505. The van der Waals surface area contributed by atoms with Gasteiger partial charge in [-0.25, -0.2) is 19.9 Å². The molecule has 0 saturated carbocycles. The first-order valence-corrected chi connectivity index (χ1v) is 5.24. The van der Waals surface area contributed by atoms with E-state index in [1.807, 2.05) is 6.07 Å². The van der Waals surface area contributed by atoms with E-state index in [1.165, 1.54) is 0 Å². The van der Waals surface area contributed by atoms with Crippen LogP contribution in [-0.4, -0.2) is 33.0 Å². The molecule has 3 rings (SSSR count). The Labute approximate surface area is 93.0 Å². The topological polar surface area (TPSA) is 63.6 Å². The summed E-state index contributed by atoms with van der Waals surface area (Å²) in [5.41, 5.74) is 1.07. The highest BCUT2D eigenvalue weighted by molar-refractivity contribution is 5.42. The van der Waals surface area contributed by atoms with Crippen LogP contribution in [0.25, 0.3) is 11.6 Å². The van der Waals surface area contributed by atoms with Gasteiger partial charge in [-0.05, 0) is 12.1 Å². The van der Waals surface area contributed by atoms with Crippen LogP contribution in [0.1, 0.15) is 11.6 Å². The van der Waals surface area contributed by atoms with Crippen molar-refractivity contribution in [2.75, 3.05) is 13.1 Å². The normalized spacial score (nSPS) is 15.8. The molecule has 0 radical (unpaired) electrons. The van der Waals surface area contributed by atoms with Gasteiger partial charge in [0.05, 0.1) is 5.69 Å². The van der Waals surface area contributed by atoms with Crippen LogP contribution >= 0.6 is 0 Å². The standard InChI is InChI=1S/C11H11N5/c1-3-13-10(14-4-1)11-15-5-2-9(16-11)8-6-12-7-8/h1-5,8,12H,6-7H2. The van der Waals surface area contributed by atoms with Gasteiger partial charge in [-0.2, -0.15) is 0 Å². The molecule has 1 saturated heterocycles. The molecule has 0 spiro atoms. The van der Waals surface area contributed by atoms with Crippen LogP contribution in [0, 0.1) is 0 Å². The summed E-state index contributed by atoms with van der Waals surface area (Å²) in [6, 6.07) is 3.74. The molecule has 1 aliphatic heterocycles. The van der Waals surface area contributed by atoms with Gasteiger partial charge < -0.3 is 5.32 Å². The number of nitrogens with one attached hydrogen (secondary N) is 1. The molecular formula is C11H11N5. The molecular weight excluding hydrogens is 202 g/mol. The first kappa shape index (κ1) is 9.35. The van der Waals surface area contributed by atoms with E-state index in [0.29, 0.717) is 17.6 Å². The summed E-state index contributed by atoms with van der Waals surface area (Å²) in [4.78, 5) is 17.0. The minimum absolute atomic E-state index is 0.505. The average Bonchev–Trinajstić information content (AvgIpc) is 2.28. The van der Waals surface area contributed by atoms with Crippen molar-refractivity contribution in [2.45, 2.75) is 5.92 Å². The summed E-state index contributed by atoms with van der Waals surface area (Å²) in [5, 5.41) is 3.23. The molecule has 0 bridgehead atoms. The van der Waals surface area contributed by atoms with Crippen LogP contribution in [0.2, 0.25) is 0 Å². The summed E-state index contributed by atoms with van der Waals surface area (Å²) in [7, 11) is 0. The van der Waals surface area contributed by atoms with Crippen molar-refractivity contribution in [1.29, 1.82) is 0 Å². The Morgan fingerprint density at radius 1 is 1.00 bits per heavy atom. The van der Waals surface area contributed by atoms with Crippen LogP contribution in [0.3, 0.4) is 0 Å². The monoisotopic (exact) mass is 213 g/mol. The zero-order valence-electron chi connectivity index (χ0n) is 8.67. The average molecular weight is 213 g/mol. The number of aromatic nitrogens is 4. The molecule has 0 unspecified atom stereocenters. The lowest BCUT2D eigenvalue weighted by Gasteiger charge is -2.26. The quantitative estimate of drug-likeness (QED) is 0.792. The maximum absolute atomic E-state index is 4.49. The minimum Gasteiger partial charge on any atom is -0.315 e. The second-order valence-corrected chi connectivity index (χ2v) is 3.73. The molecule has 0 atom stereocenters. The lowest BCUT2D eigenvalue weighted by Crippen LogP contribution is -2.40. The predicted molar refractivity (Wildman–Crippen MR) is 58.7 cm³/mol. The smallest absolute Gasteiger partial charge is 0.197 e. The molecule has 2 aromatic heterocycles. The van der Waals surface area contributed by atoms with Crippen molar-refractivity contribution < 1.29 is 0 Å². The van der Waals surface area contributed by atoms with Crippen LogP contribution < -0.4 is 5.32 Å². The second-order valence-electron chi connectivity index (χ2n) is 3.73. The Balaban J connectivity index is 1.96. The van der Waals surface area contributed by atoms with Gasteiger partial charge in [0.25, 0.3) is 0 Å². The molecule has 2 aromatic rings. The summed E-state index contributed by atoms with van der Waals surface area (Å²) >= 11 is 0. The molecule has 80 valence electrons. The fraction of sp³-hybridized carbons (Fsp3) is 0.273. The van der Waals surface area contributed by atoms with Crippen molar-refractivity contribution in [1.82, 2.24) is 25.3 Å². The van der Waals surface area contributed by atoms with Crippen molar-refractivity contribution in [3.05, 3.63) is 36.4 Å². The Morgan fingerprint density at radius 3 is 2.44 bits per heavy atom. The number of nitrogens with zero attached hydrogens (tertiary/aromatic N) is 4. The van der Waals surface area contributed by atoms with Gasteiger partial charge in [-0.3, -0.25) is 0 Å². The molecule has 5 nitrogen and oxygen atoms in total. The van der Waals surface area contributed by atoms with E-state index in [1.54, 1.807) is 24.7 Å². The van der Waals surface area contributed by atoms with E-state index in [4.69, 9.17) is 0 Å². The van der Waals surface area contributed by atoms with Crippen LogP contribution in [0.4, 0.5) is 0 Å². The molecule has 5 heteroatoms. The Kier molecular flexibility index (Phi) is 2.30. The predicted octanol–water partition coefficient (Wildman–Crippen LogP) is 0.620. The summed E-state index contributed by atoms with van der Waals surface area (Å²) in [6.45, 7) is 1.98. The molecule has 0 aromatic carbocycles. The van der Waals surface area contributed by atoms with Crippen LogP contribution in [0.15, 0.2) is 30.7 Å². The van der Waals surface area contributed by atoms with E-state index in [9.17, 15) is 0 Å². The number of rotatable bonds is 2. The van der Waals surface area contributed by atoms with E-state index in [2.05, 4.69) is 25.3 Å². The van der Waals surface area contributed by atoms with E-state index in [-0.39, 0.29) is 0 Å². The molecule has 1 aliphatic rings. The molecule has 3 heterocycles. The van der Waals surface area contributed by atoms with Crippen molar-refractivity contribution in [3.8, 4) is 11.6 Å². The second kappa shape index (κ2) is 3.94. The van der Waals surface area contributed by atoms with Gasteiger partial charge in [0, 0.05) is 37.6 Å². The fourth-order valence-corrected chi connectivity index (χ4v) is 1.62. The van der Waals surface area contributed by atoms with E-state index >= 15 is 0 Å². The third kappa shape index (κ3) is 1.65. The van der Waals surface area contributed by atoms with Crippen molar-refractivity contribution in [3.63, 3.8) is 0 Å². The fourth-order valence-electron chi connectivity index (χ4n) is 1.62. The van der Waals surface area contributed by atoms with Crippen molar-refractivity contribution in [2.24, 2.45) is 0 Å². The highest BCUT2D eigenvalue weighted by atomic mass is 15.0. The SMILES string of the molecule is c1cnc(-c2nccc(C3CNC3)n2)nc1. The number of hydrogen-bond donors (Lipinski definition) is 1. The van der Waals surface area contributed by atoms with Gasteiger partial charge >= 0.3 is 0 Å². The third-order valence-corrected chi connectivity index (χ3v) is 2.64. The molecule has 16 heavy (non-hydrogen) atoms. The molecule has 1 fully saturated rings. The maximum Gasteiger partial charge on any atom is 0.197 e. The lowest BCUT2D eigenvalue weighted by atomic mass is 9.99. The van der Waals surface area contributed by atoms with E-state index in [0.717, 1.165) is 18.8 Å². The highest BCUT2D eigenvalue weighted by Gasteiger charge is 2.20. The lowest BCUT2D eigenvalue weighted by molar-refractivity contribution is 0.439. The van der Waals surface area contributed by atoms with Gasteiger partial charge in [0.1, 0.15) is 0 Å². The van der Waals surface area contributed by atoms with Crippen LogP contribution in [-0.2, 0) is 0 Å². The Bertz CT molecular complexity index is 481.